The van der Waals surface area contributed by atoms with Crippen molar-refractivity contribution < 1.29 is 22.7 Å². The average Bonchev–Trinajstić information content (AvgIpc) is 3.26. The van der Waals surface area contributed by atoms with Gasteiger partial charge in [-0.2, -0.15) is 0 Å². The van der Waals surface area contributed by atoms with Crippen molar-refractivity contribution in [2.24, 2.45) is 0 Å². The molecular formula is C18H14ClF3N2O2. The number of amides is 1. The van der Waals surface area contributed by atoms with Gasteiger partial charge in [0.2, 0.25) is 5.91 Å². The summed E-state index contributed by atoms with van der Waals surface area (Å²) in [6.45, 7) is 0.476. The molecule has 1 aliphatic heterocycles. The summed E-state index contributed by atoms with van der Waals surface area (Å²) in [7, 11) is 0. The molecule has 0 saturated heterocycles. The number of halogens is 4. The molecule has 1 amide bonds. The van der Waals surface area contributed by atoms with Gasteiger partial charge in [0.25, 0.3) is 0 Å². The molecule has 1 aromatic heterocycles. The number of alkyl halides is 3. The fraction of sp³-hybridized carbons (Fsp3) is 0.333. The summed E-state index contributed by atoms with van der Waals surface area (Å²) in [5.74, 6) is -0.537. The first-order valence-corrected chi connectivity index (χ1v) is 8.45. The van der Waals surface area contributed by atoms with Crippen LogP contribution in [0.3, 0.4) is 0 Å². The third-order valence-electron chi connectivity index (χ3n) is 4.80. The quantitative estimate of drug-likeness (QED) is 0.796. The van der Waals surface area contributed by atoms with Crippen LogP contribution in [0.5, 0.6) is 5.75 Å². The van der Waals surface area contributed by atoms with E-state index in [1.165, 1.54) is 18.3 Å². The number of hydrogen-bond donors (Lipinski definition) is 0. The molecule has 1 spiro atoms. The van der Waals surface area contributed by atoms with E-state index >= 15 is 0 Å². The Balaban J connectivity index is 1.61. The fourth-order valence-corrected chi connectivity index (χ4v) is 3.53. The van der Waals surface area contributed by atoms with E-state index in [9.17, 15) is 18.0 Å². The molecule has 1 fully saturated rings. The van der Waals surface area contributed by atoms with Gasteiger partial charge in [-0.05, 0) is 36.6 Å². The Hall–Kier alpha value is -2.28. The van der Waals surface area contributed by atoms with Gasteiger partial charge in [0, 0.05) is 29.9 Å². The zero-order valence-corrected chi connectivity index (χ0v) is 14.3. The van der Waals surface area contributed by atoms with Gasteiger partial charge in [-0.3, -0.25) is 9.78 Å². The van der Waals surface area contributed by atoms with Crippen molar-refractivity contribution in [3.8, 4) is 5.75 Å². The van der Waals surface area contributed by atoms with Crippen molar-refractivity contribution in [1.82, 2.24) is 4.98 Å². The molecule has 0 atom stereocenters. The number of hydrogen-bond acceptors (Lipinski definition) is 3. The molecule has 0 bridgehead atoms. The Morgan fingerprint density at radius 1 is 1.27 bits per heavy atom. The van der Waals surface area contributed by atoms with Gasteiger partial charge in [0.15, 0.2) is 0 Å². The number of anilines is 1. The molecule has 136 valence electrons. The van der Waals surface area contributed by atoms with Gasteiger partial charge in [-0.1, -0.05) is 17.7 Å². The normalized spacial score (nSPS) is 17.3. The van der Waals surface area contributed by atoms with Gasteiger partial charge < -0.3 is 9.64 Å². The van der Waals surface area contributed by atoms with Crippen LogP contribution in [0, 0.1) is 0 Å². The molecular weight excluding hydrogens is 369 g/mol. The highest BCUT2D eigenvalue weighted by Gasteiger charge is 2.53. The first-order valence-electron chi connectivity index (χ1n) is 8.07. The average molecular weight is 383 g/mol. The molecule has 0 radical (unpaired) electrons. The van der Waals surface area contributed by atoms with Crippen LogP contribution in [0.4, 0.5) is 18.9 Å². The molecule has 1 saturated carbocycles. The molecule has 0 N–H and O–H groups in total. The molecule has 4 rings (SSSR count). The summed E-state index contributed by atoms with van der Waals surface area (Å²) in [5, 5.41) is 0.471. The van der Waals surface area contributed by atoms with Gasteiger partial charge in [0.1, 0.15) is 5.75 Å². The highest BCUT2D eigenvalue weighted by Crippen LogP contribution is 2.57. The SMILES string of the molecule is O=C(Cc1ccc(Cl)cn1)N1CC2(CC2)c2ccc(OC(F)(F)F)cc21. The predicted molar refractivity (Wildman–Crippen MR) is 89.3 cm³/mol. The van der Waals surface area contributed by atoms with E-state index in [4.69, 9.17) is 11.6 Å². The minimum Gasteiger partial charge on any atom is -0.406 e. The molecule has 2 heterocycles. The number of pyridine rings is 1. The Morgan fingerprint density at radius 3 is 2.65 bits per heavy atom. The first-order chi connectivity index (χ1) is 12.3. The molecule has 8 heteroatoms. The lowest BCUT2D eigenvalue weighted by atomic mass is 9.99. The topological polar surface area (TPSA) is 42.4 Å². The van der Waals surface area contributed by atoms with Crippen molar-refractivity contribution in [3.05, 3.63) is 52.8 Å². The Bertz CT molecular complexity index is 864. The Labute approximate surface area is 152 Å². The molecule has 2 aromatic rings. The monoisotopic (exact) mass is 382 g/mol. The minimum absolute atomic E-state index is 0.0526. The maximum absolute atomic E-state index is 12.8. The third-order valence-corrected chi connectivity index (χ3v) is 5.02. The van der Waals surface area contributed by atoms with Crippen LogP contribution in [0.1, 0.15) is 24.1 Å². The van der Waals surface area contributed by atoms with E-state index in [1.807, 2.05) is 0 Å². The Morgan fingerprint density at radius 2 is 2.04 bits per heavy atom. The van der Waals surface area contributed by atoms with Gasteiger partial charge in [-0.25, -0.2) is 0 Å². The lowest BCUT2D eigenvalue weighted by molar-refractivity contribution is -0.274. The summed E-state index contributed by atoms with van der Waals surface area (Å²) in [6.07, 6.45) is -1.42. The second kappa shape index (κ2) is 5.87. The smallest absolute Gasteiger partial charge is 0.406 e. The van der Waals surface area contributed by atoms with Gasteiger partial charge in [-0.15, -0.1) is 13.2 Å². The number of carbonyl (C=O) groups excluding carboxylic acids is 1. The molecule has 1 aliphatic carbocycles. The van der Waals surface area contributed by atoms with Crippen molar-refractivity contribution in [1.29, 1.82) is 0 Å². The number of fused-ring (bicyclic) bond motifs is 2. The first kappa shape index (κ1) is 17.1. The maximum Gasteiger partial charge on any atom is 0.573 e. The zero-order valence-electron chi connectivity index (χ0n) is 13.5. The lowest BCUT2D eigenvalue weighted by Crippen LogP contribution is -2.33. The second-order valence-corrected chi connectivity index (χ2v) is 7.07. The molecule has 2 aliphatic rings. The summed E-state index contributed by atoms with van der Waals surface area (Å²) in [6, 6.07) is 7.54. The van der Waals surface area contributed by atoms with Crippen molar-refractivity contribution in [3.63, 3.8) is 0 Å². The van der Waals surface area contributed by atoms with Gasteiger partial charge in [0.05, 0.1) is 17.1 Å². The predicted octanol–water partition coefficient (Wildman–Crippen LogP) is 4.25. The number of ether oxygens (including phenoxy) is 1. The van der Waals surface area contributed by atoms with Crippen LogP contribution < -0.4 is 9.64 Å². The number of nitrogens with zero attached hydrogens (tertiary/aromatic N) is 2. The largest absolute Gasteiger partial charge is 0.573 e. The molecule has 0 unspecified atom stereocenters. The van der Waals surface area contributed by atoms with E-state index in [2.05, 4.69) is 9.72 Å². The van der Waals surface area contributed by atoms with Crippen LogP contribution in [0.2, 0.25) is 5.02 Å². The molecule has 26 heavy (non-hydrogen) atoms. The van der Waals surface area contributed by atoms with Crippen molar-refractivity contribution in [2.75, 3.05) is 11.4 Å². The third kappa shape index (κ3) is 3.23. The second-order valence-electron chi connectivity index (χ2n) is 6.63. The van der Waals surface area contributed by atoms with E-state index in [0.29, 0.717) is 22.9 Å². The summed E-state index contributed by atoms with van der Waals surface area (Å²) in [4.78, 5) is 18.4. The number of rotatable bonds is 3. The highest BCUT2D eigenvalue weighted by molar-refractivity contribution is 6.30. The van der Waals surface area contributed by atoms with Crippen molar-refractivity contribution in [2.45, 2.75) is 31.0 Å². The minimum atomic E-state index is -4.77. The van der Waals surface area contributed by atoms with E-state index in [0.717, 1.165) is 18.4 Å². The Kier molecular flexibility index (Phi) is 3.87. The summed E-state index contributed by atoms with van der Waals surface area (Å²) < 4.78 is 41.5. The van der Waals surface area contributed by atoms with Gasteiger partial charge >= 0.3 is 6.36 Å². The fourth-order valence-electron chi connectivity index (χ4n) is 3.42. The van der Waals surface area contributed by atoms with E-state index < -0.39 is 6.36 Å². The highest BCUT2D eigenvalue weighted by atomic mass is 35.5. The number of carbonyl (C=O) groups is 1. The number of benzene rings is 1. The summed E-state index contributed by atoms with van der Waals surface area (Å²) >= 11 is 5.79. The number of aromatic nitrogens is 1. The van der Waals surface area contributed by atoms with Crippen LogP contribution in [-0.4, -0.2) is 23.8 Å². The molecule has 4 nitrogen and oxygen atoms in total. The molecule has 1 aromatic carbocycles. The summed E-state index contributed by atoms with van der Waals surface area (Å²) in [5.41, 5.74) is 1.82. The van der Waals surface area contributed by atoms with Crippen LogP contribution in [0.15, 0.2) is 36.5 Å². The maximum atomic E-state index is 12.8. The van der Waals surface area contributed by atoms with Crippen LogP contribution >= 0.6 is 11.6 Å². The van der Waals surface area contributed by atoms with E-state index in [1.54, 1.807) is 23.1 Å². The van der Waals surface area contributed by atoms with Crippen molar-refractivity contribution >= 4 is 23.2 Å². The van der Waals surface area contributed by atoms with Crippen LogP contribution in [0.25, 0.3) is 0 Å². The van der Waals surface area contributed by atoms with Crippen LogP contribution in [-0.2, 0) is 16.6 Å². The standard InChI is InChI=1S/C18H14ClF3N2O2/c19-11-1-2-12(23-9-11)7-16(25)24-10-17(5-6-17)14-4-3-13(8-15(14)24)26-18(20,21)22/h1-4,8-9H,5-7,10H2. The van der Waals surface area contributed by atoms with E-state index in [-0.39, 0.29) is 23.5 Å². The zero-order chi connectivity index (χ0) is 18.5. The lowest BCUT2D eigenvalue weighted by Gasteiger charge is -2.18.